The highest BCUT2D eigenvalue weighted by Gasteiger charge is 2.05. The summed E-state index contributed by atoms with van der Waals surface area (Å²) in [5, 5.41) is 7.99. The lowest BCUT2D eigenvalue weighted by atomic mass is 10.5. The topological polar surface area (TPSA) is 76.4 Å². The van der Waals surface area contributed by atoms with Gasteiger partial charge in [0.15, 0.2) is 6.61 Å². The minimum absolute atomic E-state index is 0.350. The molecular weight excluding hydrogens is 150 g/mol. The highest BCUT2D eigenvalue weighted by Crippen LogP contribution is 1.84. The lowest BCUT2D eigenvalue weighted by molar-refractivity contribution is -0.156. The van der Waals surface area contributed by atoms with Gasteiger partial charge in [-0.2, -0.15) is 5.26 Å². The van der Waals surface area contributed by atoms with Crippen molar-refractivity contribution in [2.24, 2.45) is 0 Å². The zero-order valence-electron chi connectivity index (χ0n) is 5.99. The van der Waals surface area contributed by atoms with Gasteiger partial charge >= 0.3 is 11.9 Å². The first-order chi connectivity index (χ1) is 5.20. The Labute approximate surface area is 63.5 Å². The Morgan fingerprint density at radius 1 is 1.45 bits per heavy atom. The summed E-state index contributed by atoms with van der Waals surface area (Å²) < 4.78 is 8.48. The molecule has 0 saturated carbocycles. The molecule has 0 aromatic heterocycles. The van der Waals surface area contributed by atoms with Crippen LogP contribution in [0.2, 0.25) is 0 Å². The van der Waals surface area contributed by atoms with Gasteiger partial charge in [-0.1, -0.05) is 0 Å². The fourth-order valence-corrected chi connectivity index (χ4v) is 0.314. The summed E-state index contributed by atoms with van der Waals surface area (Å²) in [6.07, 6.45) is -0.350. The lowest BCUT2D eigenvalue weighted by Gasteiger charge is -1.98. The van der Waals surface area contributed by atoms with Crippen molar-refractivity contribution in [1.82, 2.24) is 0 Å². The first-order valence-electron chi connectivity index (χ1n) is 2.80. The molecule has 0 amide bonds. The predicted molar refractivity (Wildman–Crippen MR) is 33.2 cm³/mol. The van der Waals surface area contributed by atoms with Crippen LogP contribution in [0.1, 0.15) is 6.42 Å². The molecule has 0 N–H and O–H groups in total. The number of rotatable bonds is 3. The second-order valence-electron chi connectivity index (χ2n) is 1.57. The van der Waals surface area contributed by atoms with Gasteiger partial charge < -0.3 is 9.47 Å². The maximum Gasteiger partial charge on any atom is 0.344 e. The third-order valence-corrected chi connectivity index (χ3v) is 0.802. The SMILES string of the molecule is COC(=O)COC(=O)CC#N. The second-order valence-corrected chi connectivity index (χ2v) is 1.57. The molecule has 5 heteroatoms. The number of esters is 2. The molecular formula is C6H7NO4. The van der Waals surface area contributed by atoms with E-state index >= 15 is 0 Å². The minimum atomic E-state index is -0.724. The molecule has 0 bridgehead atoms. The third kappa shape index (κ3) is 4.90. The molecule has 5 nitrogen and oxygen atoms in total. The summed E-state index contributed by atoms with van der Waals surface area (Å²) >= 11 is 0. The molecule has 0 atom stereocenters. The number of nitriles is 1. The van der Waals surface area contributed by atoms with Crippen LogP contribution in [0.3, 0.4) is 0 Å². The standard InChI is InChI=1S/C6H7NO4/c1-10-6(9)4-11-5(8)2-3-7/h2,4H2,1H3. The van der Waals surface area contributed by atoms with Gasteiger partial charge in [0, 0.05) is 0 Å². The zero-order valence-corrected chi connectivity index (χ0v) is 5.99. The highest BCUT2D eigenvalue weighted by molar-refractivity contribution is 5.77. The van der Waals surface area contributed by atoms with Crippen molar-refractivity contribution < 1.29 is 19.1 Å². The molecule has 0 radical (unpaired) electrons. The number of carbonyl (C=O) groups is 2. The predicted octanol–water partition coefficient (Wildman–Crippen LogP) is -0.384. The zero-order chi connectivity index (χ0) is 8.69. The summed E-state index contributed by atoms with van der Waals surface area (Å²) in [5.74, 6) is -1.37. The molecule has 0 heterocycles. The van der Waals surface area contributed by atoms with E-state index in [4.69, 9.17) is 5.26 Å². The minimum Gasteiger partial charge on any atom is -0.466 e. The van der Waals surface area contributed by atoms with Gasteiger partial charge in [-0.3, -0.25) is 4.79 Å². The number of hydrogen-bond acceptors (Lipinski definition) is 5. The quantitative estimate of drug-likeness (QED) is 0.521. The van der Waals surface area contributed by atoms with Crippen LogP contribution in [0.25, 0.3) is 0 Å². The Balaban J connectivity index is 3.47. The first-order valence-corrected chi connectivity index (χ1v) is 2.80. The Morgan fingerprint density at radius 3 is 2.55 bits per heavy atom. The van der Waals surface area contributed by atoms with Gasteiger partial charge in [0.2, 0.25) is 0 Å². The van der Waals surface area contributed by atoms with Crippen molar-refractivity contribution >= 4 is 11.9 Å². The van der Waals surface area contributed by atoms with Crippen LogP contribution in [0.5, 0.6) is 0 Å². The molecule has 60 valence electrons. The van der Waals surface area contributed by atoms with Crippen LogP contribution in [0.4, 0.5) is 0 Å². The molecule has 0 aromatic rings. The van der Waals surface area contributed by atoms with Crippen molar-refractivity contribution in [3.63, 3.8) is 0 Å². The van der Waals surface area contributed by atoms with E-state index in [2.05, 4.69) is 9.47 Å². The van der Waals surface area contributed by atoms with Gasteiger partial charge in [0.05, 0.1) is 13.2 Å². The summed E-state index contributed by atoms with van der Waals surface area (Å²) in [6.45, 7) is -0.434. The van der Waals surface area contributed by atoms with Gasteiger partial charge in [0.1, 0.15) is 6.42 Å². The van der Waals surface area contributed by atoms with Crippen LogP contribution in [0.15, 0.2) is 0 Å². The highest BCUT2D eigenvalue weighted by atomic mass is 16.6. The molecule has 0 aliphatic rings. The summed E-state index contributed by atoms with van der Waals surface area (Å²) in [6, 6.07) is 1.58. The Bertz CT molecular complexity index is 193. The molecule has 11 heavy (non-hydrogen) atoms. The number of carbonyl (C=O) groups excluding carboxylic acids is 2. The summed E-state index contributed by atoms with van der Waals surface area (Å²) in [4.78, 5) is 20.7. The van der Waals surface area contributed by atoms with Crippen molar-refractivity contribution in [3.05, 3.63) is 0 Å². The normalized spacial score (nSPS) is 8.00. The number of methoxy groups -OCH3 is 1. The van der Waals surface area contributed by atoms with Crippen molar-refractivity contribution in [2.45, 2.75) is 6.42 Å². The van der Waals surface area contributed by atoms with Gasteiger partial charge in [-0.15, -0.1) is 0 Å². The van der Waals surface area contributed by atoms with E-state index in [0.29, 0.717) is 0 Å². The maximum absolute atomic E-state index is 10.4. The first kappa shape index (κ1) is 9.43. The molecule has 0 saturated heterocycles. The van der Waals surface area contributed by atoms with E-state index in [1.807, 2.05) is 0 Å². The van der Waals surface area contributed by atoms with E-state index < -0.39 is 18.5 Å². The second kappa shape index (κ2) is 5.23. The summed E-state index contributed by atoms with van der Waals surface area (Å²) in [5.41, 5.74) is 0. The Hall–Kier alpha value is -1.57. The molecule has 0 spiro atoms. The van der Waals surface area contributed by atoms with Crippen LogP contribution < -0.4 is 0 Å². The maximum atomic E-state index is 10.4. The van der Waals surface area contributed by atoms with Crippen LogP contribution in [-0.2, 0) is 19.1 Å². The fourth-order valence-electron chi connectivity index (χ4n) is 0.314. The van der Waals surface area contributed by atoms with E-state index in [1.54, 1.807) is 6.07 Å². The van der Waals surface area contributed by atoms with Gasteiger partial charge in [-0.25, -0.2) is 4.79 Å². The number of nitrogens with zero attached hydrogens (tertiary/aromatic N) is 1. The van der Waals surface area contributed by atoms with Crippen molar-refractivity contribution in [2.75, 3.05) is 13.7 Å². The molecule has 0 aliphatic carbocycles. The number of ether oxygens (including phenoxy) is 2. The summed E-state index contributed by atoms with van der Waals surface area (Å²) in [7, 11) is 1.18. The van der Waals surface area contributed by atoms with Crippen LogP contribution in [0, 0.1) is 11.3 Å². The monoisotopic (exact) mass is 157 g/mol. The smallest absolute Gasteiger partial charge is 0.344 e. The van der Waals surface area contributed by atoms with E-state index in [0.717, 1.165) is 0 Å². The fraction of sp³-hybridized carbons (Fsp3) is 0.500. The Kier molecular flexibility index (Phi) is 4.49. The Morgan fingerprint density at radius 2 is 2.09 bits per heavy atom. The van der Waals surface area contributed by atoms with Crippen molar-refractivity contribution in [1.29, 1.82) is 5.26 Å². The average molecular weight is 157 g/mol. The average Bonchev–Trinajstić information content (AvgIpc) is 2.01. The molecule has 0 aromatic carbocycles. The van der Waals surface area contributed by atoms with Crippen LogP contribution >= 0.6 is 0 Å². The van der Waals surface area contributed by atoms with E-state index in [-0.39, 0.29) is 6.42 Å². The van der Waals surface area contributed by atoms with Gasteiger partial charge in [-0.05, 0) is 0 Å². The molecule has 0 rings (SSSR count). The number of hydrogen-bond donors (Lipinski definition) is 0. The molecule has 0 fully saturated rings. The van der Waals surface area contributed by atoms with E-state index in [9.17, 15) is 9.59 Å². The van der Waals surface area contributed by atoms with Crippen LogP contribution in [-0.4, -0.2) is 25.7 Å². The third-order valence-electron chi connectivity index (χ3n) is 0.802. The van der Waals surface area contributed by atoms with Crippen molar-refractivity contribution in [3.8, 4) is 6.07 Å². The molecule has 0 aliphatic heterocycles. The largest absolute Gasteiger partial charge is 0.466 e. The van der Waals surface area contributed by atoms with E-state index in [1.165, 1.54) is 7.11 Å². The van der Waals surface area contributed by atoms with Gasteiger partial charge in [0.25, 0.3) is 0 Å². The lowest BCUT2D eigenvalue weighted by Crippen LogP contribution is -2.14. The molecule has 0 unspecified atom stereocenters.